The highest BCUT2D eigenvalue weighted by Gasteiger charge is 2.11. The van der Waals surface area contributed by atoms with Crippen molar-refractivity contribution in [2.45, 2.75) is 47.1 Å². The van der Waals surface area contributed by atoms with Gasteiger partial charge in [-0.15, -0.1) is 11.3 Å². The first-order chi connectivity index (χ1) is 8.49. The maximum absolute atomic E-state index is 3.64. The summed E-state index contributed by atoms with van der Waals surface area (Å²) < 4.78 is 1.27. The zero-order chi connectivity index (χ0) is 13.5. The van der Waals surface area contributed by atoms with Crippen molar-refractivity contribution < 1.29 is 0 Å². The number of nitrogens with zero attached hydrogens (tertiary/aromatic N) is 1. The largest absolute Gasteiger partial charge is 0.298 e. The van der Waals surface area contributed by atoms with E-state index in [1.54, 1.807) is 0 Å². The van der Waals surface area contributed by atoms with Crippen LogP contribution in [0, 0.1) is 11.8 Å². The number of thiophene rings is 1. The molecule has 104 valence electrons. The minimum absolute atomic E-state index is 0.790. The number of rotatable bonds is 8. The number of halogens is 1. The predicted octanol–water partition coefficient (Wildman–Crippen LogP) is 5.40. The Morgan fingerprint density at radius 1 is 1.11 bits per heavy atom. The summed E-state index contributed by atoms with van der Waals surface area (Å²) in [4.78, 5) is 4.07. The van der Waals surface area contributed by atoms with Gasteiger partial charge in [-0.05, 0) is 65.1 Å². The second kappa shape index (κ2) is 8.34. The molecule has 1 aromatic heterocycles. The molecule has 0 bridgehead atoms. The van der Waals surface area contributed by atoms with E-state index in [1.165, 1.54) is 35.3 Å². The molecule has 0 radical (unpaired) electrons. The van der Waals surface area contributed by atoms with Gasteiger partial charge in [0.1, 0.15) is 0 Å². The molecule has 1 heterocycles. The Bertz CT molecular complexity index is 321. The summed E-state index contributed by atoms with van der Waals surface area (Å²) in [6.45, 7) is 12.8. The maximum Gasteiger partial charge on any atom is 0.0339 e. The Morgan fingerprint density at radius 3 is 2.06 bits per heavy atom. The molecule has 18 heavy (non-hydrogen) atoms. The highest BCUT2D eigenvalue weighted by Crippen LogP contribution is 2.24. The lowest BCUT2D eigenvalue weighted by molar-refractivity contribution is 0.237. The van der Waals surface area contributed by atoms with Gasteiger partial charge in [-0.25, -0.2) is 0 Å². The van der Waals surface area contributed by atoms with Crippen LogP contribution in [0.5, 0.6) is 0 Å². The minimum atomic E-state index is 0.790. The van der Waals surface area contributed by atoms with Crippen LogP contribution in [-0.2, 0) is 6.54 Å². The Labute approximate surface area is 125 Å². The van der Waals surface area contributed by atoms with Gasteiger partial charge in [0.05, 0.1) is 0 Å². The summed E-state index contributed by atoms with van der Waals surface area (Å²) >= 11 is 5.50. The summed E-state index contributed by atoms with van der Waals surface area (Å²) in [5.74, 6) is 1.58. The van der Waals surface area contributed by atoms with E-state index in [0.29, 0.717) is 0 Å². The zero-order valence-electron chi connectivity index (χ0n) is 12.1. The van der Waals surface area contributed by atoms with Gasteiger partial charge in [-0.3, -0.25) is 4.90 Å². The molecule has 0 saturated heterocycles. The molecule has 0 fully saturated rings. The fourth-order valence-electron chi connectivity index (χ4n) is 1.79. The maximum atomic E-state index is 3.64. The van der Waals surface area contributed by atoms with E-state index in [-0.39, 0.29) is 0 Å². The van der Waals surface area contributed by atoms with Gasteiger partial charge < -0.3 is 0 Å². The van der Waals surface area contributed by atoms with Crippen molar-refractivity contribution in [2.75, 3.05) is 13.1 Å². The molecule has 0 spiro atoms. The van der Waals surface area contributed by atoms with Gasteiger partial charge in [-0.2, -0.15) is 0 Å². The van der Waals surface area contributed by atoms with Gasteiger partial charge in [0.2, 0.25) is 0 Å². The molecule has 0 atom stereocenters. The quantitative estimate of drug-likeness (QED) is 0.616. The second-order valence-corrected chi connectivity index (χ2v) is 7.69. The third-order valence-electron chi connectivity index (χ3n) is 3.10. The van der Waals surface area contributed by atoms with E-state index in [2.05, 4.69) is 60.0 Å². The van der Waals surface area contributed by atoms with Crippen LogP contribution in [0.3, 0.4) is 0 Å². The monoisotopic (exact) mass is 331 g/mol. The van der Waals surface area contributed by atoms with E-state index in [1.807, 2.05) is 11.3 Å². The zero-order valence-corrected chi connectivity index (χ0v) is 14.5. The van der Waals surface area contributed by atoms with Gasteiger partial charge in [0.15, 0.2) is 0 Å². The summed E-state index contributed by atoms with van der Waals surface area (Å²) in [6, 6.07) is 2.16. The lowest BCUT2D eigenvalue weighted by atomic mass is 10.1. The molecule has 0 aliphatic heterocycles. The van der Waals surface area contributed by atoms with Crippen molar-refractivity contribution in [3.63, 3.8) is 0 Å². The average molecular weight is 332 g/mol. The molecule has 0 N–H and O–H groups in total. The van der Waals surface area contributed by atoms with E-state index in [9.17, 15) is 0 Å². The lowest BCUT2D eigenvalue weighted by Gasteiger charge is -2.23. The Morgan fingerprint density at radius 2 is 1.67 bits per heavy atom. The molecule has 0 aliphatic carbocycles. The Hall–Kier alpha value is 0.140. The van der Waals surface area contributed by atoms with Crippen LogP contribution >= 0.6 is 27.3 Å². The smallest absolute Gasteiger partial charge is 0.0339 e. The first-order valence-corrected chi connectivity index (χ1v) is 8.60. The summed E-state index contributed by atoms with van der Waals surface area (Å²) in [7, 11) is 0. The summed E-state index contributed by atoms with van der Waals surface area (Å²) in [5, 5.41) is 2.17. The van der Waals surface area contributed by atoms with Crippen LogP contribution in [0.25, 0.3) is 0 Å². The van der Waals surface area contributed by atoms with Crippen LogP contribution in [0.1, 0.15) is 45.4 Å². The minimum Gasteiger partial charge on any atom is -0.298 e. The third-order valence-corrected chi connectivity index (χ3v) is 5.01. The molecule has 0 amide bonds. The van der Waals surface area contributed by atoms with Gasteiger partial charge in [-0.1, -0.05) is 27.7 Å². The van der Waals surface area contributed by atoms with Crippen molar-refractivity contribution in [2.24, 2.45) is 11.8 Å². The molecule has 1 rings (SSSR count). The van der Waals surface area contributed by atoms with E-state index < -0.39 is 0 Å². The number of hydrogen-bond acceptors (Lipinski definition) is 2. The van der Waals surface area contributed by atoms with Crippen molar-refractivity contribution in [3.05, 3.63) is 20.8 Å². The summed E-state index contributed by atoms with van der Waals surface area (Å²) in [5.41, 5.74) is 0. The first kappa shape index (κ1) is 16.2. The van der Waals surface area contributed by atoms with Crippen molar-refractivity contribution in [1.82, 2.24) is 4.90 Å². The molecule has 0 saturated carbocycles. The van der Waals surface area contributed by atoms with Crippen LogP contribution in [0.4, 0.5) is 0 Å². The second-order valence-electron chi connectivity index (χ2n) is 5.83. The molecule has 0 unspecified atom stereocenters. The van der Waals surface area contributed by atoms with Crippen LogP contribution in [0.15, 0.2) is 15.9 Å². The molecular weight excluding hydrogens is 306 g/mol. The van der Waals surface area contributed by atoms with Crippen molar-refractivity contribution in [1.29, 1.82) is 0 Å². The third kappa shape index (κ3) is 6.35. The van der Waals surface area contributed by atoms with Gasteiger partial charge in [0.25, 0.3) is 0 Å². The molecule has 0 aromatic carbocycles. The van der Waals surface area contributed by atoms with Crippen LogP contribution in [-0.4, -0.2) is 18.0 Å². The van der Waals surface area contributed by atoms with E-state index in [4.69, 9.17) is 0 Å². The van der Waals surface area contributed by atoms with E-state index in [0.717, 1.165) is 18.4 Å². The standard InChI is InChI=1S/C15H26BrNS/c1-12(2)5-8-17(9-6-13(3)4)11-15-14(16)7-10-18-15/h7,10,12-13H,5-6,8-9,11H2,1-4H3. The van der Waals surface area contributed by atoms with Crippen molar-refractivity contribution in [3.8, 4) is 0 Å². The molecular formula is C15H26BrNS. The van der Waals surface area contributed by atoms with Crippen molar-refractivity contribution >= 4 is 27.3 Å². The highest BCUT2D eigenvalue weighted by atomic mass is 79.9. The molecule has 1 nitrogen and oxygen atoms in total. The fraction of sp³-hybridized carbons (Fsp3) is 0.733. The molecule has 0 aliphatic rings. The SMILES string of the molecule is CC(C)CCN(CCC(C)C)Cc1sccc1Br. The van der Waals surface area contributed by atoms with E-state index >= 15 is 0 Å². The predicted molar refractivity (Wildman–Crippen MR) is 86.2 cm³/mol. The van der Waals surface area contributed by atoms with Gasteiger partial charge in [0, 0.05) is 15.9 Å². The first-order valence-electron chi connectivity index (χ1n) is 6.93. The molecule has 1 aromatic rings. The number of hydrogen-bond donors (Lipinski definition) is 0. The van der Waals surface area contributed by atoms with Crippen LogP contribution in [0.2, 0.25) is 0 Å². The van der Waals surface area contributed by atoms with Crippen LogP contribution < -0.4 is 0 Å². The van der Waals surface area contributed by atoms with Gasteiger partial charge >= 0.3 is 0 Å². The Balaban J connectivity index is 2.50. The highest BCUT2D eigenvalue weighted by molar-refractivity contribution is 9.10. The topological polar surface area (TPSA) is 3.24 Å². The summed E-state index contributed by atoms with van der Waals surface area (Å²) in [6.07, 6.45) is 2.59. The lowest BCUT2D eigenvalue weighted by Crippen LogP contribution is -2.27. The molecule has 3 heteroatoms. The Kier molecular flexibility index (Phi) is 7.50. The normalized spacial score (nSPS) is 12.0. The fourth-order valence-corrected chi connectivity index (χ4v) is 3.31. The average Bonchev–Trinajstić information content (AvgIpc) is 2.68.